The summed E-state index contributed by atoms with van der Waals surface area (Å²) in [5, 5.41) is 6.09. The molecule has 1 fully saturated rings. The molecule has 0 aromatic heterocycles. The summed E-state index contributed by atoms with van der Waals surface area (Å²) >= 11 is 0. The van der Waals surface area contributed by atoms with Gasteiger partial charge in [0.05, 0.1) is 42.7 Å². The van der Waals surface area contributed by atoms with Gasteiger partial charge in [0.15, 0.2) is 0 Å². The molecular weight excluding hydrogens is 634 g/mol. The van der Waals surface area contributed by atoms with Crippen LogP contribution in [0.3, 0.4) is 0 Å². The van der Waals surface area contributed by atoms with Crippen LogP contribution in [0.1, 0.15) is 79.7 Å². The number of amides is 4. The molecule has 1 aromatic rings. The fourth-order valence-corrected chi connectivity index (χ4v) is 7.55. The second-order valence-electron chi connectivity index (χ2n) is 15.0. The van der Waals surface area contributed by atoms with Crippen LogP contribution in [0.5, 0.6) is 0 Å². The molecule has 11 heteroatoms. The predicted octanol–water partition coefficient (Wildman–Crippen LogP) is 3.99. The summed E-state index contributed by atoms with van der Waals surface area (Å²) in [6.45, 7) is 14.9. The number of hydrogen-bond acceptors (Lipinski definition) is 7. The Kier molecular flexibility index (Phi) is 17.9. The molecule has 0 aliphatic carbocycles. The average Bonchev–Trinajstić information content (AvgIpc) is 3.56. The molecule has 0 bridgehead atoms. The summed E-state index contributed by atoms with van der Waals surface area (Å²) < 4.78 is 11.9. The van der Waals surface area contributed by atoms with Crippen LogP contribution in [0.2, 0.25) is 0 Å². The van der Waals surface area contributed by atoms with Gasteiger partial charge in [0.25, 0.3) is 0 Å². The minimum absolute atomic E-state index is 0.0103. The van der Waals surface area contributed by atoms with Gasteiger partial charge in [0.2, 0.25) is 23.6 Å². The topological polar surface area (TPSA) is 121 Å². The maximum Gasteiger partial charge on any atom is 0.245 e. The third-order valence-electron chi connectivity index (χ3n) is 10.5. The molecule has 4 amide bonds. The van der Waals surface area contributed by atoms with Crippen molar-refractivity contribution < 1.29 is 28.7 Å². The lowest BCUT2D eigenvalue weighted by atomic mass is 9.89. The molecule has 2 N–H and O–H groups in total. The number of carbonyl (C=O) groups excluding carboxylic acids is 4. The van der Waals surface area contributed by atoms with Crippen molar-refractivity contribution in [3.8, 4) is 0 Å². The maximum atomic E-state index is 14.2. The highest BCUT2D eigenvalue weighted by Crippen LogP contribution is 2.29. The van der Waals surface area contributed by atoms with Crippen LogP contribution < -0.4 is 10.6 Å². The van der Waals surface area contributed by atoms with Gasteiger partial charge in [-0.15, -0.1) is 0 Å². The van der Waals surface area contributed by atoms with Gasteiger partial charge in [-0.3, -0.25) is 24.1 Å². The first-order valence-corrected chi connectivity index (χ1v) is 18.5. The van der Waals surface area contributed by atoms with Gasteiger partial charge in [-0.05, 0) is 56.7 Å². The molecule has 1 heterocycles. The van der Waals surface area contributed by atoms with E-state index in [1.165, 1.54) is 0 Å². The smallest absolute Gasteiger partial charge is 0.245 e. The predicted molar refractivity (Wildman–Crippen MR) is 198 cm³/mol. The van der Waals surface area contributed by atoms with Crippen LogP contribution in [-0.4, -0.2) is 123 Å². The van der Waals surface area contributed by atoms with E-state index in [1.54, 1.807) is 26.2 Å². The van der Waals surface area contributed by atoms with Crippen LogP contribution in [0.15, 0.2) is 30.3 Å². The molecule has 1 saturated heterocycles. The summed E-state index contributed by atoms with van der Waals surface area (Å²) in [6.07, 6.45) is 2.06. The fourth-order valence-electron chi connectivity index (χ4n) is 7.55. The molecule has 1 aromatic carbocycles. The number of ether oxygens (including phenoxy) is 2. The van der Waals surface area contributed by atoms with Crippen molar-refractivity contribution in [2.24, 2.45) is 23.7 Å². The van der Waals surface area contributed by atoms with E-state index in [1.807, 2.05) is 88.8 Å². The summed E-state index contributed by atoms with van der Waals surface area (Å²) in [5.41, 5.74) is 1.15. The molecule has 8 atom stereocenters. The van der Waals surface area contributed by atoms with Gasteiger partial charge >= 0.3 is 0 Å². The zero-order chi connectivity index (χ0) is 37.7. The fraction of sp³-hybridized carbons (Fsp3) is 0.744. The van der Waals surface area contributed by atoms with Crippen LogP contribution in [0.25, 0.3) is 0 Å². The number of nitrogens with one attached hydrogen (secondary N) is 2. The van der Waals surface area contributed by atoms with E-state index in [9.17, 15) is 19.2 Å². The van der Waals surface area contributed by atoms with E-state index >= 15 is 0 Å². The van der Waals surface area contributed by atoms with E-state index in [4.69, 9.17) is 9.47 Å². The third kappa shape index (κ3) is 11.5. The summed E-state index contributed by atoms with van der Waals surface area (Å²) in [5.74, 6) is -1.13. The summed E-state index contributed by atoms with van der Waals surface area (Å²) in [6, 6.07) is 8.23. The maximum absolute atomic E-state index is 14.2. The Morgan fingerprint density at radius 2 is 1.56 bits per heavy atom. The lowest BCUT2D eigenvalue weighted by molar-refractivity contribution is -0.148. The standard InChI is InChI=1S/C39H67N5O6/c1-13-27(6)35(43(10)39(48)33(25(2)3)41-38(47)34(26(4)5)42(8)9)31(49-11)24-32(45)44-23-17-20-30(44)36(50-12)28(7)37(46)40-22-21-29-18-15-14-16-19-29/h14-16,18-19,25-28,30-31,33-36H,13,17,20-24H2,1-12H3,(H,40,46)(H,41,47)/t27?,28-,30+,31-,33-,34-,35-,36-/m1/s1. The van der Waals surface area contributed by atoms with Crippen molar-refractivity contribution in [2.45, 2.75) is 117 Å². The van der Waals surface area contributed by atoms with E-state index in [0.717, 1.165) is 31.2 Å². The molecule has 1 aliphatic heterocycles. The van der Waals surface area contributed by atoms with Gasteiger partial charge < -0.3 is 29.9 Å². The van der Waals surface area contributed by atoms with Crippen LogP contribution >= 0.6 is 0 Å². The van der Waals surface area contributed by atoms with Crippen molar-refractivity contribution in [1.82, 2.24) is 25.3 Å². The number of likely N-dealkylation sites (tertiary alicyclic amines) is 1. The van der Waals surface area contributed by atoms with Gasteiger partial charge in [0, 0.05) is 34.4 Å². The SMILES string of the molecule is CCC(C)[C@H]([C@@H](CC(=O)N1CCC[C@H]1[C@H](OC)[C@@H](C)C(=O)NCCc1ccccc1)OC)N(C)C(=O)[C@H](NC(=O)[C@@H](C(C)C)N(C)C)C(C)C. The molecular formula is C39H67N5O6. The normalized spacial score (nSPS) is 19.1. The Hall–Kier alpha value is -3.02. The molecule has 0 spiro atoms. The third-order valence-corrected chi connectivity index (χ3v) is 10.5. The molecule has 50 heavy (non-hydrogen) atoms. The number of carbonyl (C=O) groups is 4. The lowest BCUT2D eigenvalue weighted by Crippen LogP contribution is -2.59. The summed E-state index contributed by atoms with van der Waals surface area (Å²) in [7, 11) is 8.66. The van der Waals surface area contributed by atoms with E-state index in [2.05, 4.69) is 24.5 Å². The van der Waals surface area contributed by atoms with Crippen LogP contribution in [0.4, 0.5) is 0 Å². The van der Waals surface area contributed by atoms with Crippen molar-refractivity contribution in [3.63, 3.8) is 0 Å². The van der Waals surface area contributed by atoms with Crippen LogP contribution in [-0.2, 0) is 35.1 Å². The monoisotopic (exact) mass is 702 g/mol. The minimum Gasteiger partial charge on any atom is -0.379 e. The van der Waals surface area contributed by atoms with E-state index in [0.29, 0.717) is 13.1 Å². The highest BCUT2D eigenvalue weighted by atomic mass is 16.5. The number of methoxy groups -OCH3 is 2. The second-order valence-corrected chi connectivity index (χ2v) is 15.0. The van der Waals surface area contributed by atoms with Crippen molar-refractivity contribution in [2.75, 3.05) is 48.5 Å². The van der Waals surface area contributed by atoms with Crippen molar-refractivity contribution >= 4 is 23.6 Å². The zero-order valence-electron chi connectivity index (χ0n) is 32.9. The number of rotatable bonds is 20. The molecule has 0 saturated carbocycles. The number of likely N-dealkylation sites (N-methyl/N-ethyl adjacent to an activating group) is 2. The van der Waals surface area contributed by atoms with Gasteiger partial charge in [-0.2, -0.15) is 0 Å². The molecule has 284 valence electrons. The number of benzene rings is 1. The first-order valence-electron chi connectivity index (χ1n) is 18.5. The largest absolute Gasteiger partial charge is 0.379 e. The van der Waals surface area contributed by atoms with E-state index < -0.39 is 30.2 Å². The van der Waals surface area contributed by atoms with Crippen LogP contribution in [0, 0.1) is 23.7 Å². The first-order chi connectivity index (χ1) is 23.6. The van der Waals surface area contributed by atoms with Gasteiger partial charge in [-0.25, -0.2) is 0 Å². The molecule has 1 unspecified atom stereocenters. The minimum atomic E-state index is -0.737. The molecule has 11 nitrogen and oxygen atoms in total. The Morgan fingerprint density at radius 3 is 2.08 bits per heavy atom. The number of nitrogens with zero attached hydrogens (tertiary/aromatic N) is 3. The quantitative estimate of drug-likeness (QED) is 0.211. The highest BCUT2D eigenvalue weighted by molar-refractivity contribution is 5.90. The van der Waals surface area contributed by atoms with Crippen molar-refractivity contribution in [1.29, 1.82) is 0 Å². The Bertz CT molecular complexity index is 1200. The lowest BCUT2D eigenvalue weighted by Gasteiger charge is -2.41. The van der Waals surface area contributed by atoms with E-state index in [-0.39, 0.29) is 59.9 Å². The van der Waals surface area contributed by atoms with Gasteiger partial charge in [-0.1, -0.05) is 85.2 Å². The number of hydrogen-bond donors (Lipinski definition) is 2. The molecule has 2 rings (SSSR count). The molecule has 1 aliphatic rings. The Balaban J connectivity index is 2.21. The van der Waals surface area contributed by atoms with Crippen molar-refractivity contribution in [3.05, 3.63) is 35.9 Å². The average molecular weight is 702 g/mol. The summed E-state index contributed by atoms with van der Waals surface area (Å²) in [4.78, 5) is 60.3. The Labute approximate surface area is 302 Å². The highest BCUT2D eigenvalue weighted by Gasteiger charge is 2.43. The first kappa shape index (κ1) is 43.1. The molecule has 0 radical (unpaired) electrons. The van der Waals surface area contributed by atoms with Gasteiger partial charge in [0.1, 0.15) is 6.04 Å². The Morgan fingerprint density at radius 1 is 0.920 bits per heavy atom. The zero-order valence-corrected chi connectivity index (χ0v) is 32.9. The second kappa shape index (κ2) is 20.7.